The molecule has 1 aromatic rings. The molecule has 3 N–H and O–H groups in total. The summed E-state index contributed by atoms with van der Waals surface area (Å²) < 4.78 is 0. The molecule has 0 radical (unpaired) electrons. The highest BCUT2D eigenvalue weighted by Crippen LogP contribution is 2.11. The predicted molar refractivity (Wildman–Crippen MR) is 68.1 cm³/mol. The lowest BCUT2D eigenvalue weighted by atomic mass is 10.1. The van der Waals surface area contributed by atoms with E-state index in [0.717, 1.165) is 6.42 Å². The van der Waals surface area contributed by atoms with Crippen molar-refractivity contribution in [1.82, 2.24) is 10.6 Å². The second-order valence-electron chi connectivity index (χ2n) is 3.91. The van der Waals surface area contributed by atoms with E-state index in [-0.39, 0.29) is 12.5 Å². The van der Waals surface area contributed by atoms with E-state index in [2.05, 4.69) is 10.6 Å². The van der Waals surface area contributed by atoms with Gasteiger partial charge in [0, 0.05) is 6.54 Å². The number of rotatable bonds is 7. The third kappa shape index (κ3) is 4.55. The number of carbonyl (C=O) groups excluding carboxylic acids is 1. The minimum atomic E-state index is -0.996. The van der Waals surface area contributed by atoms with Crippen molar-refractivity contribution in [3.05, 3.63) is 35.9 Å². The van der Waals surface area contributed by atoms with E-state index in [9.17, 15) is 9.59 Å². The SMILES string of the molecule is CCCNC(=O)CNC(C(=O)O)c1ccccc1. The first-order chi connectivity index (χ1) is 8.65. The van der Waals surface area contributed by atoms with Gasteiger partial charge in [-0.15, -0.1) is 0 Å². The van der Waals surface area contributed by atoms with Crippen molar-refractivity contribution < 1.29 is 14.7 Å². The Labute approximate surface area is 106 Å². The number of hydrogen-bond donors (Lipinski definition) is 3. The van der Waals surface area contributed by atoms with E-state index in [4.69, 9.17) is 5.11 Å². The van der Waals surface area contributed by atoms with Gasteiger partial charge in [0.05, 0.1) is 6.54 Å². The minimum Gasteiger partial charge on any atom is -0.480 e. The molecule has 0 aliphatic heterocycles. The highest BCUT2D eigenvalue weighted by Gasteiger charge is 2.19. The van der Waals surface area contributed by atoms with Crippen molar-refractivity contribution in [2.75, 3.05) is 13.1 Å². The van der Waals surface area contributed by atoms with Gasteiger partial charge >= 0.3 is 5.97 Å². The van der Waals surface area contributed by atoms with Crippen LogP contribution in [0.4, 0.5) is 0 Å². The summed E-state index contributed by atoms with van der Waals surface area (Å²) in [6.45, 7) is 2.55. The Morgan fingerprint density at radius 1 is 1.28 bits per heavy atom. The number of carboxylic acid groups (broad SMARTS) is 1. The number of amides is 1. The monoisotopic (exact) mass is 250 g/mol. The van der Waals surface area contributed by atoms with Crippen molar-refractivity contribution in [1.29, 1.82) is 0 Å². The van der Waals surface area contributed by atoms with E-state index in [1.54, 1.807) is 24.3 Å². The lowest BCUT2D eigenvalue weighted by Gasteiger charge is -2.14. The topological polar surface area (TPSA) is 78.4 Å². The van der Waals surface area contributed by atoms with E-state index >= 15 is 0 Å². The Morgan fingerprint density at radius 3 is 2.50 bits per heavy atom. The molecule has 98 valence electrons. The molecule has 1 atom stereocenters. The van der Waals surface area contributed by atoms with Gasteiger partial charge in [-0.05, 0) is 12.0 Å². The standard InChI is InChI=1S/C13H18N2O3/c1-2-8-14-11(16)9-15-12(13(17)18)10-6-4-3-5-7-10/h3-7,12,15H,2,8-9H2,1H3,(H,14,16)(H,17,18). The maximum Gasteiger partial charge on any atom is 0.325 e. The summed E-state index contributed by atoms with van der Waals surface area (Å²) in [5.74, 6) is -1.19. The zero-order valence-corrected chi connectivity index (χ0v) is 10.3. The molecular weight excluding hydrogens is 232 g/mol. The number of hydrogen-bond acceptors (Lipinski definition) is 3. The van der Waals surface area contributed by atoms with Crippen molar-refractivity contribution in [2.45, 2.75) is 19.4 Å². The summed E-state index contributed by atoms with van der Waals surface area (Å²) in [6.07, 6.45) is 0.854. The number of carbonyl (C=O) groups is 2. The molecule has 1 aromatic carbocycles. The molecule has 0 bridgehead atoms. The van der Waals surface area contributed by atoms with Crippen LogP contribution in [-0.4, -0.2) is 30.1 Å². The molecule has 0 saturated heterocycles. The number of carboxylic acids is 1. The van der Waals surface area contributed by atoms with Gasteiger partial charge in [0.2, 0.25) is 5.91 Å². The molecule has 0 fully saturated rings. The molecule has 0 saturated carbocycles. The molecule has 0 spiro atoms. The van der Waals surface area contributed by atoms with Crippen molar-refractivity contribution in [3.8, 4) is 0 Å². The average Bonchev–Trinajstić information content (AvgIpc) is 2.37. The van der Waals surface area contributed by atoms with Crippen LogP contribution in [0.5, 0.6) is 0 Å². The Hall–Kier alpha value is -1.88. The van der Waals surface area contributed by atoms with E-state index < -0.39 is 12.0 Å². The van der Waals surface area contributed by atoms with Crippen LogP contribution < -0.4 is 10.6 Å². The maximum atomic E-state index is 11.4. The Bertz CT molecular complexity index is 392. The van der Waals surface area contributed by atoms with Crippen molar-refractivity contribution in [2.24, 2.45) is 0 Å². The van der Waals surface area contributed by atoms with Gasteiger partial charge in [-0.25, -0.2) is 0 Å². The summed E-state index contributed by atoms with van der Waals surface area (Å²) in [4.78, 5) is 22.5. The minimum absolute atomic E-state index is 0.00807. The fraction of sp³-hybridized carbons (Fsp3) is 0.385. The summed E-state index contributed by atoms with van der Waals surface area (Å²) in [7, 11) is 0. The quantitative estimate of drug-likeness (QED) is 0.672. The zero-order chi connectivity index (χ0) is 13.4. The smallest absolute Gasteiger partial charge is 0.325 e. The molecule has 18 heavy (non-hydrogen) atoms. The molecule has 1 amide bonds. The van der Waals surface area contributed by atoms with E-state index in [1.165, 1.54) is 0 Å². The lowest BCUT2D eigenvalue weighted by molar-refractivity contribution is -0.139. The summed E-state index contributed by atoms with van der Waals surface area (Å²) in [5.41, 5.74) is 0.633. The van der Waals surface area contributed by atoms with Crippen molar-refractivity contribution >= 4 is 11.9 Å². The van der Waals surface area contributed by atoms with Gasteiger partial charge in [-0.1, -0.05) is 37.3 Å². The summed E-state index contributed by atoms with van der Waals surface area (Å²) in [6, 6.07) is 7.93. The van der Waals surface area contributed by atoms with Gasteiger partial charge < -0.3 is 10.4 Å². The second kappa shape index (κ2) is 7.45. The predicted octanol–water partition coefficient (Wildman–Crippen LogP) is 0.928. The molecule has 0 aromatic heterocycles. The van der Waals surface area contributed by atoms with Gasteiger partial charge in [0.25, 0.3) is 0 Å². The third-order valence-corrected chi connectivity index (χ3v) is 2.42. The molecule has 5 heteroatoms. The van der Waals surface area contributed by atoms with Gasteiger partial charge in [0.1, 0.15) is 6.04 Å². The number of aliphatic carboxylic acids is 1. The Kier molecular flexibility index (Phi) is 5.87. The third-order valence-electron chi connectivity index (χ3n) is 2.42. The molecule has 1 unspecified atom stereocenters. The number of benzene rings is 1. The van der Waals surface area contributed by atoms with Gasteiger partial charge in [0.15, 0.2) is 0 Å². The highest BCUT2D eigenvalue weighted by atomic mass is 16.4. The average molecular weight is 250 g/mol. The fourth-order valence-corrected chi connectivity index (χ4v) is 1.51. The first-order valence-corrected chi connectivity index (χ1v) is 5.93. The molecular formula is C13H18N2O3. The lowest BCUT2D eigenvalue weighted by Crippen LogP contribution is -2.38. The zero-order valence-electron chi connectivity index (χ0n) is 10.3. The summed E-state index contributed by atoms with van der Waals surface area (Å²) >= 11 is 0. The maximum absolute atomic E-state index is 11.4. The first-order valence-electron chi connectivity index (χ1n) is 5.93. The first kappa shape index (κ1) is 14.2. The normalized spacial score (nSPS) is 11.8. The molecule has 5 nitrogen and oxygen atoms in total. The van der Waals surface area contributed by atoms with Crippen LogP contribution in [-0.2, 0) is 9.59 Å². The Balaban J connectivity index is 2.55. The van der Waals surface area contributed by atoms with Crippen LogP contribution in [0.3, 0.4) is 0 Å². The van der Waals surface area contributed by atoms with Crippen LogP contribution in [0.15, 0.2) is 30.3 Å². The van der Waals surface area contributed by atoms with Crippen LogP contribution in [0.25, 0.3) is 0 Å². The second-order valence-corrected chi connectivity index (χ2v) is 3.91. The van der Waals surface area contributed by atoms with Gasteiger partial charge in [-0.3, -0.25) is 14.9 Å². The molecule has 1 rings (SSSR count). The number of nitrogens with one attached hydrogen (secondary N) is 2. The molecule has 0 aliphatic carbocycles. The van der Waals surface area contributed by atoms with Crippen LogP contribution in [0.1, 0.15) is 24.9 Å². The summed E-state index contributed by atoms with van der Waals surface area (Å²) in [5, 5.41) is 14.5. The Morgan fingerprint density at radius 2 is 1.94 bits per heavy atom. The van der Waals surface area contributed by atoms with Crippen LogP contribution in [0, 0.1) is 0 Å². The van der Waals surface area contributed by atoms with E-state index in [0.29, 0.717) is 12.1 Å². The van der Waals surface area contributed by atoms with Crippen LogP contribution >= 0.6 is 0 Å². The van der Waals surface area contributed by atoms with Gasteiger partial charge in [-0.2, -0.15) is 0 Å². The van der Waals surface area contributed by atoms with Crippen LogP contribution in [0.2, 0.25) is 0 Å². The fourth-order valence-electron chi connectivity index (χ4n) is 1.51. The molecule has 0 aliphatic rings. The highest BCUT2D eigenvalue weighted by molar-refractivity contribution is 5.80. The van der Waals surface area contributed by atoms with E-state index in [1.807, 2.05) is 13.0 Å². The molecule has 0 heterocycles. The largest absolute Gasteiger partial charge is 0.480 e. The van der Waals surface area contributed by atoms with Crippen molar-refractivity contribution in [3.63, 3.8) is 0 Å².